The molecule has 0 aliphatic carbocycles. The fraction of sp³-hybridized carbons (Fsp3) is 0.316. The van der Waals surface area contributed by atoms with E-state index in [1.54, 1.807) is 6.07 Å². The summed E-state index contributed by atoms with van der Waals surface area (Å²) in [6.07, 6.45) is -0.637. The zero-order valence-electron chi connectivity index (χ0n) is 13.9. The van der Waals surface area contributed by atoms with Crippen LogP contribution in [0.25, 0.3) is 0 Å². The van der Waals surface area contributed by atoms with E-state index in [2.05, 4.69) is 12.2 Å². The van der Waals surface area contributed by atoms with Crippen LogP contribution in [0.15, 0.2) is 42.5 Å². The monoisotopic (exact) mass is 327 g/mol. The molecule has 5 nitrogen and oxygen atoms in total. The van der Waals surface area contributed by atoms with Gasteiger partial charge in [0.1, 0.15) is 19.0 Å². The van der Waals surface area contributed by atoms with Crippen LogP contribution in [0.3, 0.4) is 0 Å². The highest BCUT2D eigenvalue weighted by Gasteiger charge is 2.26. The van der Waals surface area contributed by atoms with Crippen molar-refractivity contribution in [1.29, 1.82) is 0 Å². The van der Waals surface area contributed by atoms with Gasteiger partial charge in [-0.1, -0.05) is 18.2 Å². The van der Waals surface area contributed by atoms with Gasteiger partial charge in [-0.05, 0) is 49.2 Å². The molecule has 0 spiro atoms. The van der Waals surface area contributed by atoms with E-state index < -0.39 is 6.10 Å². The van der Waals surface area contributed by atoms with Crippen molar-refractivity contribution in [1.82, 2.24) is 5.32 Å². The molecule has 1 N–H and O–H groups in total. The maximum absolute atomic E-state index is 12.1. The van der Waals surface area contributed by atoms with Crippen LogP contribution < -0.4 is 19.5 Å². The number of benzene rings is 2. The van der Waals surface area contributed by atoms with Crippen molar-refractivity contribution < 1.29 is 19.0 Å². The van der Waals surface area contributed by atoms with Crippen molar-refractivity contribution in [3.8, 4) is 17.2 Å². The molecule has 24 heavy (non-hydrogen) atoms. The Morgan fingerprint density at radius 1 is 1.17 bits per heavy atom. The molecule has 3 rings (SSSR count). The highest BCUT2D eigenvalue weighted by Crippen LogP contribution is 2.30. The van der Waals surface area contributed by atoms with Crippen LogP contribution >= 0.6 is 0 Å². The first-order valence-corrected chi connectivity index (χ1v) is 8.00. The quantitative estimate of drug-likeness (QED) is 0.858. The van der Waals surface area contributed by atoms with E-state index in [0.717, 1.165) is 5.75 Å². The van der Waals surface area contributed by atoms with Crippen LogP contribution in [0.1, 0.15) is 11.1 Å². The predicted molar refractivity (Wildman–Crippen MR) is 90.8 cm³/mol. The first-order valence-electron chi connectivity index (χ1n) is 8.00. The molecule has 5 heteroatoms. The highest BCUT2D eigenvalue weighted by molar-refractivity contribution is 5.81. The van der Waals surface area contributed by atoms with Gasteiger partial charge < -0.3 is 19.5 Å². The van der Waals surface area contributed by atoms with Gasteiger partial charge in [-0.15, -0.1) is 0 Å². The molecule has 0 saturated heterocycles. The second kappa shape index (κ2) is 7.25. The van der Waals surface area contributed by atoms with Gasteiger partial charge in [-0.2, -0.15) is 0 Å². The Balaban J connectivity index is 1.44. The van der Waals surface area contributed by atoms with E-state index in [4.69, 9.17) is 14.2 Å². The van der Waals surface area contributed by atoms with Crippen molar-refractivity contribution in [2.45, 2.75) is 20.0 Å². The Morgan fingerprint density at radius 2 is 1.96 bits per heavy atom. The van der Waals surface area contributed by atoms with Crippen LogP contribution in [0, 0.1) is 13.8 Å². The first kappa shape index (κ1) is 16.2. The van der Waals surface area contributed by atoms with Gasteiger partial charge in [-0.25, -0.2) is 0 Å². The van der Waals surface area contributed by atoms with Crippen LogP contribution in [0.4, 0.5) is 0 Å². The summed E-state index contributed by atoms with van der Waals surface area (Å²) in [5.74, 6) is 1.86. The molecule has 0 aromatic heterocycles. The maximum Gasteiger partial charge on any atom is 0.264 e. The summed E-state index contributed by atoms with van der Waals surface area (Å²) in [6.45, 7) is 5.12. The summed E-state index contributed by atoms with van der Waals surface area (Å²) in [7, 11) is 0. The fourth-order valence-electron chi connectivity index (χ4n) is 2.41. The molecule has 1 heterocycles. The van der Waals surface area contributed by atoms with Crippen molar-refractivity contribution in [3.63, 3.8) is 0 Å². The van der Waals surface area contributed by atoms with Gasteiger partial charge in [-0.3, -0.25) is 4.79 Å². The molecule has 0 fully saturated rings. The van der Waals surface area contributed by atoms with Crippen molar-refractivity contribution >= 4 is 5.91 Å². The Labute approximate surface area is 141 Å². The smallest absolute Gasteiger partial charge is 0.264 e. The molecule has 0 radical (unpaired) electrons. The summed E-state index contributed by atoms with van der Waals surface area (Å²) >= 11 is 0. The third-order valence-electron chi connectivity index (χ3n) is 3.95. The van der Waals surface area contributed by atoms with Crippen LogP contribution in [0.5, 0.6) is 17.2 Å². The lowest BCUT2D eigenvalue weighted by Crippen LogP contribution is -2.45. The van der Waals surface area contributed by atoms with Gasteiger partial charge in [0.25, 0.3) is 5.91 Å². The summed E-state index contributed by atoms with van der Waals surface area (Å²) < 4.78 is 16.8. The highest BCUT2D eigenvalue weighted by atomic mass is 16.6. The maximum atomic E-state index is 12.1. The minimum atomic E-state index is -0.637. The Bertz CT molecular complexity index is 729. The number of fused-ring (bicyclic) bond motifs is 1. The number of aryl methyl sites for hydroxylation is 2. The van der Waals surface area contributed by atoms with Gasteiger partial charge in [0, 0.05) is 0 Å². The summed E-state index contributed by atoms with van der Waals surface area (Å²) in [4.78, 5) is 12.1. The van der Waals surface area contributed by atoms with E-state index in [1.807, 2.05) is 43.3 Å². The van der Waals surface area contributed by atoms with E-state index in [-0.39, 0.29) is 12.5 Å². The number of amides is 1. The number of carbonyl (C=O) groups excluding carboxylic acids is 1. The average Bonchev–Trinajstić information content (AvgIpc) is 2.61. The zero-order valence-corrected chi connectivity index (χ0v) is 13.9. The minimum Gasteiger partial charge on any atom is -0.492 e. The average molecular weight is 327 g/mol. The minimum absolute atomic E-state index is 0.201. The molecule has 1 aliphatic heterocycles. The van der Waals surface area contributed by atoms with Gasteiger partial charge in [0.2, 0.25) is 6.10 Å². The molecule has 2 aromatic rings. The van der Waals surface area contributed by atoms with Gasteiger partial charge in [0.15, 0.2) is 11.5 Å². The third kappa shape index (κ3) is 3.79. The number of ether oxygens (including phenoxy) is 3. The number of nitrogens with one attached hydrogen (secondary N) is 1. The lowest BCUT2D eigenvalue weighted by atomic mass is 10.1. The molecule has 2 aromatic carbocycles. The lowest BCUT2D eigenvalue weighted by Gasteiger charge is -2.25. The van der Waals surface area contributed by atoms with E-state index in [0.29, 0.717) is 24.7 Å². The zero-order chi connectivity index (χ0) is 16.9. The Hall–Kier alpha value is -2.69. The molecule has 1 atom stereocenters. The number of hydrogen-bond donors (Lipinski definition) is 1. The Kier molecular flexibility index (Phi) is 4.89. The van der Waals surface area contributed by atoms with Crippen molar-refractivity contribution in [3.05, 3.63) is 53.6 Å². The summed E-state index contributed by atoms with van der Waals surface area (Å²) in [5.41, 5.74) is 2.41. The van der Waals surface area contributed by atoms with E-state index in [1.165, 1.54) is 11.1 Å². The van der Waals surface area contributed by atoms with Crippen LogP contribution in [0.2, 0.25) is 0 Å². The molecule has 1 amide bonds. The molecule has 0 bridgehead atoms. The molecule has 1 aliphatic rings. The Morgan fingerprint density at radius 3 is 2.75 bits per heavy atom. The van der Waals surface area contributed by atoms with Crippen LogP contribution in [-0.4, -0.2) is 31.8 Å². The standard InChI is InChI=1S/C19H21NO4/c1-13-7-8-15(11-14(13)2)22-10-9-20-19(21)18-12-23-16-5-3-4-6-17(16)24-18/h3-8,11,18H,9-10,12H2,1-2H3,(H,20,21). The SMILES string of the molecule is Cc1ccc(OCCNC(=O)C2COc3ccccc3O2)cc1C. The topological polar surface area (TPSA) is 56.8 Å². The van der Waals surface area contributed by atoms with Crippen LogP contribution in [-0.2, 0) is 4.79 Å². The molecule has 0 saturated carbocycles. The molecule has 1 unspecified atom stereocenters. The second-order valence-corrected chi connectivity index (χ2v) is 5.75. The third-order valence-corrected chi connectivity index (χ3v) is 3.95. The first-order chi connectivity index (χ1) is 11.6. The number of rotatable bonds is 5. The largest absolute Gasteiger partial charge is 0.492 e. The second-order valence-electron chi connectivity index (χ2n) is 5.75. The van der Waals surface area contributed by atoms with E-state index >= 15 is 0 Å². The normalized spacial score (nSPS) is 15.7. The molecular weight excluding hydrogens is 306 g/mol. The molecular formula is C19H21NO4. The van der Waals surface area contributed by atoms with Crippen molar-refractivity contribution in [2.24, 2.45) is 0 Å². The number of hydrogen-bond acceptors (Lipinski definition) is 4. The number of para-hydroxylation sites is 2. The molecule has 126 valence electrons. The summed E-state index contributed by atoms with van der Waals surface area (Å²) in [5, 5.41) is 2.81. The fourth-order valence-corrected chi connectivity index (χ4v) is 2.41. The summed E-state index contributed by atoms with van der Waals surface area (Å²) in [6, 6.07) is 13.3. The van der Waals surface area contributed by atoms with Gasteiger partial charge >= 0.3 is 0 Å². The lowest BCUT2D eigenvalue weighted by molar-refractivity contribution is -0.130. The van der Waals surface area contributed by atoms with E-state index in [9.17, 15) is 4.79 Å². The number of carbonyl (C=O) groups is 1. The predicted octanol–water partition coefficient (Wildman–Crippen LogP) is 2.64. The van der Waals surface area contributed by atoms with Gasteiger partial charge in [0.05, 0.1) is 6.54 Å². The van der Waals surface area contributed by atoms with Crippen molar-refractivity contribution in [2.75, 3.05) is 19.8 Å².